The molecule has 5 heteroatoms. The van der Waals surface area contributed by atoms with Gasteiger partial charge >= 0.3 is 6.03 Å². The Morgan fingerprint density at radius 2 is 1.80 bits per heavy atom. The minimum absolute atomic E-state index is 0.0779. The smallest absolute Gasteiger partial charge is 0.331 e. The van der Waals surface area contributed by atoms with Crippen molar-refractivity contribution in [2.45, 2.75) is 32.7 Å². The van der Waals surface area contributed by atoms with E-state index in [0.717, 1.165) is 0 Å². The summed E-state index contributed by atoms with van der Waals surface area (Å²) in [5, 5.41) is 0. The van der Waals surface area contributed by atoms with Gasteiger partial charge in [0.05, 0.1) is 12.8 Å². The lowest BCUT2D eigenvalue weighted by Crippen LogP contribution is -2.47. The summed E-state index contributed by atoms with van der Waals surface area (Å²) in [6, 6.07) is 6.81. The lowest BCUT2D eigenvalue weighted by Gasteiger charge is -2.29. The van der Waals surface area contributed by atoms with Gasteiger partial charge in [0.25, 0.3) is 0 Å². The number of benzene rings is 1. The molecule has 1 saturated heterocycles. The van der Waals surface area contributed by atoms with Gasteiger partial charge in [0.1, 0.15) is 5.75 Å². The van der Waals surface area contributed by atoms with Crippen LogP contribution in [0.15, 0.2) is 24.3 Å². The van der Waals surface area contributed by atoms with Crippen LogP contribution >= 0.6 is 0 Å². The summed E-state index contributed by atoms with van der Waals surface area (Å²) in [4.78, 5) is 27.7. The van der Waals surface area contributed by atoms with Gasteiger partial charge in [0.2, 0.25) is 5.91 Å². The second kappa shape index (κ2) is 5.94. The first-order valence-corrected chi connectivity index (χ1v) is 6.82. The highest BCUT2D eigenvalue weighted by Crippen LogP contribution is 2.24. The Morgan fingerprint density at radius 1 is 1.15 bits per heavy atom. The van der Waals surface area contributed by atoms with Crippen molar-refractivity contribution >= 4 is 17.6 Å². The van der Waals surface area contributed by atoms with E-state index in [1.54, 1.807) is 36.3 Å². The van der Waals surface area contributed by atoms with E-state index in [9.17, 15) is 9.59 Å². The van der Waals surface area contributed by atoms with Crippen molar-refractivity contribution < 1.29 is 14.3 Å². The summed E-state index contributed by atoms with van der Waals surface area (Å²) < 4.78 is 5.10. The van der Waals surface area contributed by atoms with Crippen molar-refractivity contribution in [3.05, 3.63) is 24.3 Å². The molecule has 20 heavy (non-hydrogen) atoms. The predicted molar refractivity (Wildman–Crippen MR) is 77.0 cm³/mol. The third kappa shape index (κ3) is 2.76. The zero-order valence-electron chi connectivity index (χ0n) is 12.1. The number of imide groups is 1. The average molecular weight is 276 g/mol. The second-order valence-corrected chi connectivity index (χ2v) is 5.10. The van der Waals surface area contributed by atoms with Gasteiger partial charge in [0, 0.05) is 19.0 Å². The molecule has 0 N–H and O–H groups in total. The van der Waals surface area contributed by atoms with Gasteiger partial charge in [-0.3, -0.25) is 4.79 Å². The SMILES string of the molecule is COc1ccc(N2C(=O)CCCN(C(C)C)C2=O)cc1. The quantitative estimate of drug-likeness (QED) is 0.852. The van der Waals surface area contributed by atoms with Crippen LogP contribution in [0.25, 0.3) is 0 Å². The number of methoxy groups -OCH3 is 1. The third-order valence-electron chi connectivity index (χ3n) is 3.43. The molecule has 108 valence electrons. The Balaban J connectivity index is 2.33. The van der Waals surface area contributed by atoms with E-state index in [4.69, 9.17) is 4.74 Å². The first kappa shape index (κ1) is 14.4. The number of nitrogens with zero attached hydrogens (tertiary/aromatic N) is 2. The van der Waals surface area contributed by atoms with Crippen LogP contribution in [0, 0.1) is 0 Å². The van der Waals surface area contributed by atoms with Crippen molar-refractivity contribution in [3.8, 4) is 5.75 Å². The first-order chi connectivity index (χ1) is 9.54. The van der Waals surface area contributed by atoms with Gasteiger partial charge in [-0.25, -0.2) is 9.69 Å². The van der Waals surface area contributed by atoms with Crippen molar-refractivity contribution in [2.24, 2.45) is 0 Å². The van der Waals surface area contributed by atoms with Crippen LogP contribution in [-0.2, 0) is 4.79 Å². The Morgan fingerprint density at radius 3 is 2.35 bits per heavy atom. The van der Waals surface area contributed by atoms with Crippen molar-refractivity contribution in [3.63, 3.8) is 0 Å². The van der Waals surface area contributed by atoms with Crippen LogP contribution in [0.5, 0.6) is 5.75 Å². The van der Waals surface area contributed by atoms with E-state index < -0.39 is 0 Å². The molecule has 0 spiro atoms. The van der Waals surface area contributed by atoms with Crippen molar-refractivity contribution in [1.82, 2.24) is 4.90 Å². The van der Waals surface area contributed by atoms with Crippen LogP contribution in [-0.4, -0.2) is 36.5 Å². The molecule has 0 radical (unpaired) electrons. The molecular formula is C15H20N2O3. The number of hydrogen-bond acceptors (Lipinski definition) is 3. The molecule has 1 heterocycles. The molecule has 0 aromatic heterocycles. The van der Waals surface area contributed by atoms with Gasteiger partial charge in [-0.2, -0.15) is 0 Å². The highest BCUT2D eigenvalue weighted by molar-refractivity contribution is 6.14. The number of anilines is 1. The van der Waals surface area contributed by atoms with E-state index in [-0.39, 0.29) is 18.0 Å². The van der Waals surface area contributed by atoms with Gasteiger partial charge < -0.3 is 9.64 Å². The number of urea groups is 1. The molecule has 1 aromatic carbocycles. The van der Waals surface area contributed by atoms with Gasteiger partial charge in [-0.05, 0) is 44.5 Å². The molecule has 1 fully saturated rings. The number of carbonyl (C=O) groups is 2. The third-order valence-corrected chi connectivity index (χ3v) is 3.43. The van der Waals surface area contributed by atoms with Crippen molar-refractivity contribution in [2.75, 3.05) is 18.6 Å². The minimum atomic E-state index is -0.243. The highest BCUT2D eigenvalue weighted by atomic mass is 16.5. The summed E-state index contributed by atoms with van der Waals surface area (Å²) in [6.45, 7) is 4.54. The number of carbonyl (C=O) groups excluding carboxylic acids is 2. The molecule has 3 amide bonds. The minimum Gasteiger partial charge on any atom is -0.497 e. The molecule has 2 rings (SSSR count). The van der Waals surface area contributed by atoms with E-state index in [1.807, 2.05) is 13.8 Å². The Hall–Kier alpha value is -2.04. The first-order valence-electron chi connectivity index (χ1n) is 6.82. The lowest BCUT2D eigenvalue weighted by atomic mass is 10.2. The average Bonchev–Trinajstić information content (AvgIpc) is 2.58. The molecule has 0 aliphatic carbocycles. The van der Waals surface area contributed by atoms with Gasteiger partial charge in [-0.1, -0.05) is 0 Å². The normalized spacial score (nSPS) is 16.6. The zero-order chi connectivity index (χ0) is 14.7. The van der Waals surface area contributed by atoms with Crippen LogP contribution in [0.1, 0.15) is 26.7 Å². The molecule has 0 atom stereocenters. The summed E-state index contributed by atoms with van der Waals surface area (Å²) in [6.07, 6.45) is 1.09. The standard InChI is InChI=1S/C15H20N2O3/c1-11(2)16-10-4-5-14(18)17(15(16)19)12-6-8-13(20-3)9-7-12/h6-9,11H,4-5,10H2,1-3H3. The Bertz CT molecular complexity index is 496. The highest BCUT2D eigenvalue weighted by Gasteiger charge is 2.32. The summed E-state index contributed by atoms with van der Waals surface area (Å²) in [5.41, 5.74) is 0.591. The number of rotatable bonds is 3. The van der Waals surface area contributed by atoms with Crippen molar-refractivity contribution in [1.29, 1.82) is 0 Å². The van der Waals surface area contributed by atoms with E-state index in [2.05, 4.69) is 0 Å². The van der Waals surface area contributed by atoms with Gasteiger partial charge in [0.15, 0.2) is 0 Å². The monoisotopic (exact) mass is 276 g/mol. The van der Waals surface area contributed by atoms with E-state index >= 15 is 0 Å². The Labute approximate surface area is 119 Å². The van der Waals surface area contributed by atoms with Gasteiger partial charge in [-0.15, -0.1) is 0 Å². The molecule has 1 aromatic rings. The molecule has 5 nitrogen and oxygen atoms in total. The summed E-state index contributed by atoms with van der Waals surface area (Å²) in [7, 11) is 1.58. The molecule has 0 unspecified atom stereocenters. The van der Waals surface area contributed by atoms with E-state index in [0.29, 0.717) is 30.8 Å². The molecule has 0 bridgehead atoms. The molecule has 1 aliphatic rings. The largest absolute Gasteiger partial charge is 0.497 e. The maximum absolute atomic E-state index is 12.6. The number of hydrogen-bond donors (Lipinski definition) is 0. The molecular weight excluding hydrogens is 256 g/mol. The van der Waals surface area contributed by atoms with Crippen LogP contribution < -0.4 is 9.64 Å². The van der Waals surface area contributed by atoms with Crippen LogP contribution in [0.3, 0.4) is 0 Å². The Kier molecular flexibility index (Phi) is 4.27. The fraction of sp³-hybridized carbons (Fsp3) is 0.467. The summed E-state index contributed by atoms with van der Waals surface area (Å²) in [5.74, 6) is 0.549. The molecule has 1 aliphatic heterocycles. The zero-order valence-corrected chi connectivity index (χ0v) is 12.1. The maximum atomic E-state index is 12.6. The topological polar surface area (TPSA) is 49.9 Å². The van der Waals surface area contributed by atoms with Crippen LogP contribution in [0.2, 0.25) is 0 Å². The predicted octanol–water partition coefficient (Wildman–Crippen LogP) is 2.65. The van der Waals surface area contributed by atoms with Crippen LogP contribution in [0.4, 0.5) is 10.5 Å². The number of ether oxygens (including phenoxy) is 1. The maximum Gasteiger partial charge on any atom is 0.331 e. The fourth-order valence-corrected chi connectivity index (χ4v) is 2.31. The fourth-order valence-electron chi connectivity index (χ4n) is 2.31. The number of amides is 3. The summed E-state index contributed by atoms with van der Waals surface area (Å²) >= 11 is 0. The second-order valence-electron chi connectivity index (χ2n) is 5.10. The molecule has 0 saturated carbocycles. The van der Waals surface area contributed by atoms with E-state index in [1.165, 1.54) is 4.90 Å². The lowest BCUT2D eigenvalue weighted by molar-refractivity contribution is -0.117.